The molecule has 0 amide bonds. The van der Waals surface area contributed by atoms with Crippen molar-refractivity contribution in [2.45, 2.75) is 39.7 Å². The van der Waals surface area contributed by atoms with E-state index in [9.17, 15) is 0 Å². The summed E-state index contributed by atoms with van der Waals surface area (Å²) in [5, 5.41) is 0. The highest BCUT2D eigenvalue weighted by molar-refractivity contribution is 6.52. The smallest absolute Gasteiger partial charge is 0.252 e. The SMILES string of the molecule is CCCN([B]c1cc(OC)ccc1OC)C(C)CC. The third-order valence-corrected chi connectivity index (χ3v) is 3.38. The van der Waals surface area contributed by atoms with E-state index in [0.717, 1.165) is 36.3 Å². The van der Waals surface area contributed by atoms with Crippen molar-refractivity contribution in [3.63, 3.8) is 0 Å². The van der Waals surface area contributed by atoms with E-state index in [1.54, 1.807) is 14.2 Å². The molecule has 0 saturated carbocycles. The summed E-state index contributed by atoms with van der Waals surface area (Å²) in [5.74, 6) is 1.73. The van der Waals surface area contributed by atoms with E-state index < -0.39 is 0 Å². The number of rotatable bonds is 8. The van der Waals surface area contributed by atoms with Gasteiger partial charge in [-0.05, 0) is 49.1 Å². The summed E-state index contributed by atoms with van der Waals surface area (Å²) >= 11 is 0. The average Bonchev–Trinajstić information content (AvgIpc) is 2.45. The van der Waals surface area contributed by atoms with Gasteiger partial charge >= 0.3 is 0 Å². The second-order valence-electron chi connectivity index (χ2n) is 4.73. The topological polar surface area (TPSA) is 21.7 Å². The highest BCUT2D eigenvalue weighted by Crippen LogP contribution is 2.15. The minimum atomic E-state index is 0.524. The Hall–Kier alpha value is -1.16. The van der Waals surface area contributed by atoms with E-state index in [0.29, 0.717) is 6.04 Å². The van der Waals surface area contributed by atoms with Crippen LogP contribution in [0, 0.1) is 0 Å². The molecular weight excluding hydrogens is 237 g/mol. The van der Waals surface area contributed by atoms with Crippen LogP contribution in [0.15, 0.2) is 18.2 Å². The Morgan fingerprint density at radius 2 is 1.95 bits per heavy atom. The van der Waals surface area contributed by atoms with Crippen LogP contribution in [0.3, 0.4) is 0 Å². The molecule has 0 N–H and O–H groups in total. The van der Waals surface area contributed by atoms with Gasteiger partial charge in [-0.25, -0.2) is 0 Å². The summed E-state index contributed by atoms with van der Waals surface area (Å²) in [6, 6.07) is 6.41. The van der Waals surface area contributed by atoms with Crippen LogP contribution < -0.4 is 14.9 Å². The van der Waals surface area contributed by atoms with Crippen LogP contribution in [-0.2, 0) is 0 Å². The number of benzene rings is 1. The number of methoxy groups -OCH3 is 2. The molecule has 105 valence electrons. The zero-order chi connectivity index (χ0) is 14.3. The molecule has 19 heavy (non-hydrogen) atoms. The van der Waals surface area contributed by atoms with Gasteiger partial charge in [0, 0.05) is 0 Å². The fourth-order valence-corrected chi connectivity index (χ4v) is 2.02. The maximum Gasteiger partial charge on any atom is 0.252 e. The summed E-state index contributed by atoms with van der Waals surface area (Å²) in [6.07, 6.45) is 2.26. The molecule has 0 aliphatic heterocycles. The van der Waals surface area contributed by atoms with E-state index in [2.05, 4.69) is 33.0 Å². The first-order valence-corrected chi connectivity index (χ1v) is 6.98. The van der Waals surface area contributed by atoms with Gasteiger partial charge in [-0.1, -0.05) is 20.8 Å². The van der Waals surface area contributed by atoms with Crippen LogP contribution in [0.2, 0.25) is 0 Å². The molecule has 1 atom stereocenters. The van der Waals surface area contributed by atoms with Crippen molar-refractivity contribution in [3.8, 4) is 11.5 Å². The maximum absolute atomic E-state index is 5.42. The first-order valence-electron chi connectivity index (χ1n) is 6.98. The summed E-state index contributed by atoms with van der Waals surface area (Å²) in [5.41, 5.74) is 1.07. The standard InChI is InChI=1S/C15H25BNO2/c1-6-10-17(12(3)7-2)16-14-11-13(18-4)8-9-15(14)19-5/h8-9,11-12H,6-7,10H2,1-5H3. The summed E-state index contributed by atoms with van der Waals surface area (Å²) in [7, 11) is 5.57. The predicted octanol–water partition coefficient (Wildman–Crippen LogP) is 2.46. The molecule has 1 rings (SSSR count). The van der Waals surface area contributed by atoms with E-state index in [4.69, 9.17) is 9.47 Å². The second kappa shape index (κ2) is 8.10. The zero-order valence-electron chi connectivity index (χ0n) is 12.8. The van der Waals surface area contributed by atoms with Gasteiger partial charge in [-0.3, -0.25) is 0 Å². The molecule has 0 aromatic heterocycles. The molecular formula is C15H25BNO2. The number of hydrogen-bond acceptors (Lipinski definition) is 3. The molecule has 0 saturated heterocycles. The number of nitrogens with zero attached hydrogens (tertiary/aromatic N) is 1. The summed E-state index contributed by atoms with van der Waals surface area (Å²) in [4.78, 5) is 2.37. The Labute approximate surface area is 118 Å². The minimum Gasteiger partial charge on any atom is -0.497 e. The van der Waals surface area contributed by atoms with Crippen molar-refractivity contribution in [2.75, 3.05) is 20.8 Å². The van der Waals surface area contributed by atoms with Crippen LogP contribution in [-0.4, -0.2) is 39.0 Å². The molecule has 1 unspecified atom stereocenters. The Kier molecular flexibility index (Phi) is 6.78. The van der Waals surface area contributed by atoms with Gasteiger partial charge in [0.15, 0.2) is 0 Å². The van der Waals surface area contributed by atoms with Gasteiger partial charge in [0.1, 0.15) is 11.5 Å². The first-order chi connectivity index (χ1) is 9.15. The number of hydrogen-bond donors (Lipinski definition) is 0. The zero-order valence-corrected chi connectivity index (χ0v) is 12.8. The molecule has 0 spiro atoms. The fraction of sp³-hybridized carbons (Fsp3) is 0.600. The lowest BCUT2D eigenvalue weighted by Crippen LogP contribution is -2.42. The Morgan fingerprint density at radius 1 is 1.21 bits per heavy atom. The summed E-state index contributed by atoms with van der Waals surface area (Å²) < 4.78 is 10.7. The van der Waals surface area contributed by atoms with Crippen LogP contribution in [0.4, 0.5) is 0 Å². The van der Waals surface area contributed by atoms with Crippen molar-refractivity contribution in [1.82, 2.24) is 4.81 Å². The third-order valence-electron chi connectivity index (χ3n) is 3.38. The predicted molar refractivity (Wildman–Crippen MR) is 81.7 cm³/mol. The molecule has 3 nitrogen and oxygen atoms in total. The van der Waals surface area contributed by atoms with Gasteiger partial charge in [-0.2, -0.15) is 0 Å². The van der Waals surface area contributed by atoms with Gasteiger partial charge < -0.3 is 14.3 Å². The molecule has 0 fully saturated rings. The fourth-order valence-electron chi connectivity index (χ4n) is 2.02. The average molecular weight is 262 g/mol. The molecule has 4 heteroatoms. The molecule has 1 aromatic carbocycles. The summed E-state index contributed by atoms with van der Waals surface area (Å²) in [6.45, 7) is 7.71. The highest BCUT2D eigenvalue weighted by Gasteiger charge is 2.16. The van der Waals surface area contributed by atoms with Crippen LogP contribution in [0.1, 0.15) is 33.6 Å². The second-order valence-corrected chi connectivity index (χ2v) is 4.73. The molecule has 0 aliphatic carbocycles. The van der Waals surface area contributed by atoms with Gasteiger partial charge in [0.2, 0.25) is 0 Å². The van der Waals surface area contributed by atoms with Gasteiger partial charge in [-0.15, -0.1) is 0 Å². The lowest BCUT2D eigenvalue weighted by molar-refractivity contribution is 0.344. The maximum atomic E-state index is 5.42. The quantitative estimate of drug-likeness (QED) is 0.672. The Bertz CT molecular complexity index is 384. The number of ether oxygens (including phenoxy) is 2. The van der Waals surface area contributed by atoms with Gasteiger partial charge in [0.25, 0.3) is 7.41 Å². The Morgan fingerprint density at radius 3 is 2.47 bits per heavy atom. The van der Waals surface area contributed by atoms with Crippen molar-refractivity contribution in [2.24, 2.45) is 0 Å². The van der Waals surface area contributed by atoms with Crippen LogP contribution in [0.5, 0.6) is 11.5 Å². The normalized spacial score (nSPS) is 12.3. The lowest BCUT2D eigenvalue weighted by atomic mass is 9.77. The van der Waals surface area contributed by atoms with E-state index in [1.807, 2.05) is 18.2 Å². The molecule has 1 radical (unpaired) electrons. The first kappa shape index (κ1) is 15.9. The lowest BCUT2D eigenvalue weighted by Gasteiger charge is -2.28. The van der Waals surface area contributed by atoms with Crippen molar-refractivity contribution in [3.05, 3.63) is 18.2 Å². The van der Waals surface area contributed by atoms with Crippen molar-refractivity contribution < 1.29 is 9.47 Å². The van der Waals surface area contributed by atoms with Crippen molar-refractivity contribution >= 4 is 12.9 Å². The van der Waals surface area contributed by atoms with Crippen LogP contribution >= 0.6 is 0 Å². The monoisotopic (exact) mass is 262 g/mol. The van der Waals surface area contributed by atoms with Crippen LogP contribution in [0.25, 0.3) is 0 Å². The highest BCUT2D eigenvalue weighted by atomic mass is 16.5. The van der Waals surface area contributed by atoms with E-state index in [-0.39, 0.29) is 0 Å². The van der Waals surface area contributed by atoms with Crippen molar-refractivity contribution in [1.29, 1.82) is 0 Å². The molecule has 0 bridgehead atoms. The van der Waals surface area contributed by atoms with Gasteiger partial charge in [0.05, 0.1) is 14.2 Å². The molecule has 1 aromatic rings. The van der Waals surface area contributed by atoms with E-state index >= 15 is 0 Å². The molecule has 0 heterocycles. The molecule has 0 aliphatic rings. The largest absolute Gasteiger partial charge is 0.497 e. The Balaban J connectivity index is 2.92. The van der Waals surface area contributed by atoms with E-state index in [1.165, 1.54) is 0 Å². The third kappa shape index (κ3) is 4.46. The minimum absolute atomic E-state index is 0.524.